The summed E-state index contributed by atoms with van der Waals surface area (Å²) in [4.78, 5) is 21.0. The van der Waals surface area contributed by atoms with Gasteiger partial charge in [0.05, 0.1) is 18.4 Å². The predicted octanol–water partition coefficient (Wildman–Crippen LogP) is 6.35. The van der Waals surface area contributed by atoms with E-state index in [4.69, 9.17) is 14.8 Å². The van der Waals surface area contributed by atoms with E-state index in [1.54, 1.807) is 18.9 Å². The lowest BCUT2D eigenvalue weighted by molar-refractivity contribution is -0.113. The summed E-state index contributed by atoms with van der Waals surface area (Å²) in [5.41, 5.74) is 5.19. The maximum atomic E-state index is 13.9. The molecule has 206 valence electrons. The second-order valence-electron chi connectivity index (χ2n) is 9.42. The number of hydrogen-bond acceptors (Lipinski definition) is 7. The molecule has 3 aromatic carbocycles. The molecular formula is C31H34N6O2S. The molecule has 1 amide bonds. The van der Waals surface area contributed by atoms with Crippen LogP contribution in [0.3, 0.4) is 0 Å². The van der Waals surface area contributed by atoms with Crippen LogP contribution in [0.5, 0.6) is 5.75 Å². The van der Waals surface area contributed by atoms with Crippen molar-refractivity contribution in [3.8, 4) is 5.75 Å². The molecule has 0 saturated heterocycles. The lowest BCUT2D eigenvalue weighted by Crippen LogP contribution is -2.31. The molecule has 1 aliphatic heterocycles. The molecule has 9 heteroatoms. The fraction of sp³-hybridized carbons (Fsp3) is 0.258. The van der Waals surface area contributed by atoms with Crippen LogP contribution in [0.4, 0.5) is 17.3 Å². The Labute approximate surface area is 239 Å². The van der Waals surface area contributed by atoms with Gasteiger partial charge in [-0.25, -0.2) is 4.68 Å². The van der Waals surface area contributed by atoms with Gasteiger partial charge in [-0.15, -0.1) is 5.10 Å². The van der Waals surface area contributed by atoms with Crippen LogP contribution in [0.2, 0.25) is 0 Å². The molecule has 40 heavy (non-hydrogen) atoms. The number of para-hydroxylation sites is 2. The molecule has 2 N–H and O–H groups in total. The van der Waals surface area contributed by atoms with Crippen LogP contribution in [0.25, 0.3) is 0 Å². The van der Waals surface area contributed by atoms with E-state index in [9.17, 15) is 4.79 Å². The van der Waals surface area contributed by atoms with Crippen LogP contribution < -0.4 is 20.3 Å². The number of fused-ring (bicyclic) bond motifs is 1. The number of allylic oxidation sites excluding steroid dienone is 1. The van der Waals surface area contributed by atoms with Crippen molar-refractivity contribution in [1.82, 2.24) is 14.8 Å². The van der Waals surface area contributed by atoms with Crippen molar-refractivity contribution in [2.75, 3.05) is 35.7 Å². The number of thioether (sulfide) groups is 1. The van der Waals surface area contributed by atoms with E-state index in [-0.39, 0.29) is 5.91 Å². The summed E-state index contributed by atoms with van der Waals surface area (Å²) >= 11 is 1.57. The highest BCUT2D eigenvalue weighted by atomic mass is 32.2. The molecule has 4 aromatic rings. The number of nitrogens with zero attached hydrogens (tertiary/aromatic N) is 4. The first kappa shape index (κ1) is 27.3. The zero-order valence-electron chi connectivity index (χ0n) is 23.2. The first-order valence-corrected chi connectivity index (χ1v) is 14.4. The van der Waals surface area contributed by atoms with Crippen molar-refractivity contribution in [1.29, 1.82) is 0 Å². The Kier molecular flexibility index (Phi) is 8.40. The molecular weight excluding hydrogens is 520 g/mol. The maximum absolute atomic E-state index is 13.9. The normalized spacial score (nSPS) is 14.3. The second-order valence-corrected chi connectivity index (χ2v) is 10.4. The van der Waals surface area contributed by atoms with Crippen LogP contribution in [0.1, 0.15) is 37.9 Å². The summed E-state index contributed by atoms with van der Waals surface area (Å²) < 4.78 is 7.29. The Hall–Kier alpha value is -4.24. The second kappa shape index (κ2) is 12.3. The maximum Gasteiger partial charge on any atom is 0.255 e. The third-order valence-corrected chi connectivity index (χ3v) is 7.89. The molecule has 0 saturated carbocycles. The summed E-state index contributed by atoms with van der Waals surface area (Å²) in [6.45, 7) is 8.04. The number of hydrogen-bond donors (Lipinski definition) is 2. The van der Waals surface area contributed by atoms with Crippen molar-refractivity contribution in [3.05, 3.63) is 101 Å². The number of methoxy groups -OCH3 is 1. The summed E-state index contributed by atoms with van der Waals surface area (Å²) in [5, 5.41) is 11.9. The van der Waals surface area contributed by atoms with Gasteiger partial charge < -0.3 is 20.3 Å². The van der Waals surface area contributed by atoms with E-state index < -0.39 is 6.04 Å². The summed E-state index contributed by atoms with van der Waals surface area (Å²) in [6, 6.07) is 25.6. The third kappa shape index (κ3) is 5.70. The van der Waals surface area contributed by atoms with Gasteiger partial charge in [-0.05, 0) is 56.2 Å². The minimum atomic E-state index is -0.463. The van der Waals surface area contributed by atoms with Gasteiger partial charge >= 0.3 is 0 Å². The highest BCUT2D eigenvalue weighted by Crippen LogP contribution is 2.38. The monoisotopic (exact) mass is 554 g/mol. The van der Waals surface area contributed by atoms with Crippen LogP contribution in [0.15, 0.2) is 95.3 Å². The van der Waals surface area contributed by atoms with Crippen LogP contribution in [-0.2, 0) is 10.5 Å². The van der Waals surface area contributed by atoms with Gasteiger partial charge in [0.2, 0.25) is 11.1 Å². The van der Waals surface area contributed by atoms with Gasteiger partial charge in [-0.2, -0.15) is 4.98 Å². The number of anilines is 3. The summed E-state index contributed by atoms with van der Waals surface area (Å²) in [5.74, 6) is 1.73. The number of rotatable bonds is 10. The average Bonchev–Trinajstić information content (AvgIpc) is 3.39. The predicted molar refractivity (Wildman–Crippen MR) is 162 cm³/mol. The lowest BCUT2D eigenvalue weighted by Gasteiger charge is -2.29. The van der Waals surface area contributed by atoms with Gasteiger partial charge in [0.1, 0.15) is 11.8 Å². The number of ether oxygens (including phenoxy) is 1. The van der Waals surface area contributed by atoms with E-state index in [0.717, 1.165) is 35.8 Å². The molecule has 0 fully saturated rings. The molecule has 0 radical (unpaired) electrons. The van der Waals surface area contributed by atoms with Gasteiger partial charge in [-0.1, -0.05) is 66.4 Å². The van der Waals surface area contributed by atoms with E-state index >= 15 is 0 Å². The Bertz CT molecular complexity index is 1500. The molecule has 1 unspecified atom stereocenters. The van der Waals surface area contributed by atoms with Crippen molar-refractivity contribution in [3.63, 3.8) is 0 Å². The van der Waals surface area contributed by atoms with E-state index in [2.05, 4.69) is 65.8 Å². The van der Waals surface area contributed by atoms with Gasteiger partial charge in [0.25, 0.3) is 5.91 Å². The average molecular weight is 555 g/mol. The Morgan fingerprint density at radius 3 is 2.42 bits per heavy atom. The third-order valence-electron chi connectivity index (χ3n) is 6.98. The minimum absolute atomic E-state index is 0.230. The Morgan fingerprint density at radius 2 is 1.73 bits per heavy atom. The molecule has 1 aromatic heterocycles. The Morgan fingerprint density at radius 1 is 1.02 bits per heavy atom. The fourth-order valence-electron chi connectivity index (χ4n) is 4.91. The molecule has 5 rings (SSSR count). The molecule has 0 spiro atoms. The van der Waals surface area contributed by atoms with E-state index in [0.29, 0.717) is 28.1 Å². The number of carbonyl (C=O) groups excluding carboxylic acids is 1. The first-order chi connectivity index (χ1) is 19.5. The number of amides is 1. The summed E-state index contributed by atoms with van der Waals surface area (Å²) in [6.07, 6.45) is 0. The van der Waals surface area contributed by atoms with Gasteiger partial charge in [0.15, 0.2) is 0 Å². The number of carbonyl (C=O) groups is 1. The smallest absolute Gasteiger partial charge is 0.255 e. The zero-order valence-corrected chi connectivity index (χ0v) is 24.0. The molecule has 1 aliphatic rings. The van der Waals surface area contributed by atoms with Crippen LogP contribution >= 0.6 is 11.8 Å². The SMILES string of the molecule is CCN(CC)c1ccc(C2C(C(=O)Nc3ccccc3OC)=C(C)Nc3nc(SCc4ccccc4)nn32)cc1. The molecule has 0 aliphatic carbocycles. The molecule has 1 atom stereocenters. The topological polar surface area (TPSA) is 84.3 Å². The minimum Gasteiger partial charge on any atom is -0.495 e. The van der Waals surface area contributed by atoms with Crippen molar-refractivity contribution >= 4 is 35.0 Å². The quantitative estimate of drug-likeness (QED) is 0.221. The molecule has 2 heterocycles. The van der Waals surface area contributed by atoms with Crippen LogP contribution in [-0.4, -0.2) is 40.9 Å². The van der Waals surface area contributed by atoms with Gasteiger partial charge in [-0.3, -0.25) is 4.79 Å². The lowest BCUT2D eigenvalue weighted by atomic mass is 9.94. The van der Waals surface area contributed by atoms with Crippen molar-refractivity contribution < 1.29 is 9.53 Å². The fourth-order valence-corrected chi connectivity index (χ4v) is 5.70. The largest absolute Gasteiger partial charge is 0.495 e. The van der Waals surface area contributed by atoms with E-state index in [1.165, 1.54) is 5.56 Å². The first-order valence-electron chi connectivity index (χ1n) is 13.4. The standard InChI is InChI=1S/C31H34N6O2S/c1-5-36(6-2)24-18-16-23(17-19-24)28-27(29(38)33-25-14-10-11-15-26(25)39-4)21(3)32-30-34-31(35-37(28)30)40-20-22-12-8-7-9-13-22/h7-19,28H,5-6,20H2,1-4H3,(H,33,38)(H,32,34,35). The van der Waals surface area contributed by atoms with Crippen molar-refractivity contribution in [2.24, 2.45) is 0 Å². The highest BCUT2D eigenvalue weighted by Gasteiger charge is 2.34. The Balaban J connectivity index is 1.51. The highest BCUT2D eigenvalue weighted by molar-refractivity contribution is 7.98. The van der Waals surface area contributed by atoms with Crippen molar-refractivity contribution in [2.45, 2.75) is 37.7 Å². The molecule has 8 nitrogen and oxygen atoms in total. The van der Waals surface area contributed by atoms with Gasteiger partial charge in [0, 0.05) is 30.2 Å². The zero-order chi connectivity index (χ0) is 28.1. The number of benzene rings is 3. The number of nitrogens with one attached hydrogen (secondary N) is 2. The van der Waals surface area contributed by atoms with E-state index in [1.807, 2.05) is 54.1 Å². The molecule has 0 bridgehead atoms. The summed E-state index contributed by atoms with van der Waals surface area (Å²) in [7, 11) is 1.59. The number of aromatic nitrogens is 3. The van der Waals surface area contributed by atoms with Crippen LogP contribution in [0, 0.1) is 0 Å².